The van der Waals surface area contributed by atoms with Crippen molar-refractivity contribution in [2.75, 3.05) is 6.16 Å². The van der Waals surface area contributed by atoms with Gasteiger partial charge in [-0.05, 0) is 6.42 Å². The molecule has 0 radical (unpaired) electrons. The van der Waals surface area contributed by atoms with E-state index in [0.29, 0.717) is 6.42 Å². The molecule has 2 rings (SSSR count). The predicted octanol–water partition coefficient (Wildman–Crippen LogP) is 2.34. The molecule has 1 aliphatic carbocycles. The maximum atomic E-state index is 12.7. The normalized spacial score (nSPS) is 39.9. The standard InChI is InChI=1S/C18H35O7P/c1-2-3-4-5-6-7-8-9-10-11-12-26(23)24-17-15(21)13(19)14(20)16(22)18(17)25-26/h13-22H,2-12H2,1H3/t13-,14-,15+,16+,17-,18+,26?/m0/s1. The van der Waals surface area contributed by atoms with Crippen LogP contribution in [0, 0.1) is 0 Å². The molecule has 26 heavy (non-hydrogen) atoms. The van der Waals surface area contributed by atoms with Gasteiger partial charge in [0.15, 0.2) is 0 Å². The molecule has 8 heteroatoms. The second kappa shape index (κ2) is 10.5. The number of rotatable bonds is 11. The first-order valence-corrected chi connectivity index (χ1v) is 11.8. The topological polar surface area (TPSA) is 116 Å². The molecule has 1 unspecified atom stereocenters. The highest BCUT2D eigenvalue weighted by Gasteiger charge is 2.58. The lowest BCUT2D eigenvalue weighted by molar-refractivity contribution is -0.192. The van der Waals surface area contributed by atoms with Gasteiger partial charge in [0.25, 0.3) is 0 Å². The Balaban J connectivity index is 1.64. The second-order valence-electron chi connectivity index (χ2n) is 7.62. The second-order valence-corrected chi connectivity index (χ2v) is 9.71. The molecule has 7 nitrogen and oxygen atoms in total. The molecule has 4 N–H and O–H groups in total. The van der Waals surface area contributed by atoms with Crippen LogP contribution in [0.3, 0.4) is 0 Å². The molecule has 2 fully saturated rings. The van der Waals surface area contributed by atoms with Crippen LogP contribution in [0.2, 0.25) is 0 Å². The lowest BCUT2D eigenvalue weighted by Gasteiger charge is -2.38. The highest BCUT2D eigenvalue weighted by Crippen LogP contribution is 2.59. The fourth-order valence-corrected chi connectivity index (χ4v) is 5.82. The SMILES string of the molecule is CCCCCCCCCCCCP1(=O)O[C@@H]2[C@H](O)[C@@H](O)[C@H](O)[C@@H](O)[C@@H]2O1. The van der Waals surface area contributed by atoms with Gasteiger partial charge in [-0.2, -0.15) is 0 Å². The summed E-state index contributed by atoms with van der Waals surface area (Å²) in [5, 5.41) is 39.4. The van der Waals surface area contributed by atoms with E-state index in [9.17, 15) is 25.0 Å². The van der Waals surface area contributed by atoms with Crippen LogP contribution in [0.4, 0.5) is 0 Å². The molecule has 0 spiro atoms. The van der Waals surface area contributed by atoms with Crippen molar-refractivity contribution in [3.05, 3.63) is 0 Å². The van der Waals surface area contributed by atoms with E-state index >= 15 is 0 Å². The summed E-state index contributed by atoms with van der Waals surface area (Å²) in [6, 6.07) is 0. The zero-order chi connectivity index (χ0) is 19.2. The molecule has 0 bridgehead atoms. The number of hydrogen-bond donors (Lipinski definition) is 4. The van der Waals surface area contributed by atoms with Gasteiger partial charge in [0.1, 0.15) is 36.6 Å². The summed E-state index contributed by atoms with van der Waals surface area (Å²) in [4.78, 5) is 0. The van der Waals surface area contributed by atoms with Crippen molar-refractivity contribution in [3.63, 3.8) is 0 Å². The fourth-order valence-electron chi connectivity index (χ4n) is 3.72. The molecule has 0 aromatic rings. The molecule has 0 aromatic heterocycles. The Hall–Kier alpha value is -0.0100. The zero-order valence-corrected chi connectivity index (χ0v) is 16.6. The third-order valence-corrected chi connectivity index (χ3v) is 7.39. The summed E-state index contributed by atoms with van der Waals surface area (Å²) < 4.78 is 23.5. The van der Waals surface area contributed by atoms with Gasteiger partial charge < -0.3 is 20.4 Å². The van der Waals surface area contributed by atoms with E-state index in [0.717, 1.165) is 12.8 Å². The summed E-state index contributed by atoms with van der Waals surface area (Å²) in [7, 11) is -3.42. The van der Waals surface area contributed by atoms with Gasteiger partial charge in [-0.15, -0.1) is 0 Å². The van der Waals surface area contributed by atoms with Crippen LogP contribution in [0.1, 0.15) is 71.1 Å². The van der Waals surface area contributed by atoms with Crippen LogP contribution in [-0.2, 0) is 13.6 Å². The van der Waals surface area contributed by atoms with Crippen molar-refractivity contribution in [1.82, 2.24) is 0 Å². The quantitative estimate of drug-likeness (QED) is 0.314. The first kappa shape index (κ1) is 22.3. The average Bonchev–Trinajstić information content (AvgIpc) is 2.98. The van der Waals surface area contributed by atoms with E-state index in [1.54, 1.807) is 0 Å². The monoisotopic (exact) mass is 394 g/mol. The third-order valence-electron chi connectivity index (χ3n) is 5.40. The summed E-state index contributed by atoms with van der Waals surface area (Å²) in [6.07, 6.45) is 3.68. The van der Waals surface area contributed by atoms with E-state index in [1.165, 1.54) is 44.9 Å². The number of hydrogen-bond acceptors (Lipinski definition) is 7. The molecule has 1 heterocycles. The van der Waals surface area contributed by atoms with Gasteiger partial charge in [-0.1, -0.05) is 64.7 Å². The first-order chi connectivity index (χ1) is 12.4. The molecule has 1 saturated heterocycles. The van der Waals surface area contributed by atoms with Gasteiger partial charge in [-0.25, -0.2) is 0 Å². The van der Waals surface area contributed by atoms with Crippen molar-refractivity contribution in [2.24, 2.45) is 0 Å². The van der Waals surface area contributed by atoms with E-state index in [2.05, 4.69) is 6.92 Å². The Morgan fingerprint density at radius 2 is 1.04 bits per heavy atom. The molecule has 7 atom stereocenters. The smallest absolute Gasteiger partial charge is 0.331 e. The number of fused-ring (bicyclic) bond motifs is 1. The minimum atomic E-state index is -3.42. The molecule has 2 aliphatic rings. The Kier molecular flexibility index (Phi) is 9.01. The van der Waals surface area contributed by atoms with Crippen molar-refractivity contribution < 1.29 is 34.0 Å². The Labute approximate surface area is 156 Å². The number of unbranched alkanes of at least 4 members (excludes halogenated alkanes) is 9. The Morgan fingerprint density at radius 1 is 0.654 bits per heavy atom. The summed E-state index contributed by atoms with van der Waals surface area (Å²) in [5.41, 5.74) is 0. The molecule has 1 aliphatic heterocycles. The van der Waals surface area contributed by atoms with Crippen LogP contribution < -0.4 is 0 Å². The van der Waals surface area contributed by atoms with Gasteiger partial charge >= 0.3 is 7.60 Å². The van der Waals surface area contributed by atoms with Gasteiger partial charge in [-0.3, -0.25) is 13.6 Å². The number of aliphatic hydroxyl groups is 4. The Bertz CT molecular complexity index is 435. The molecule has 0 aromatic carbocycles. The van der Waals surface area contributed by atoms with Gasteiger partial charge in [0.05, 0.1) is 6.16 Å². The van der Waals surface area contributed by atoms with E-state index < -0.39 is 44.2 Å². The molecule has 154 valence electrons. The highest BCUT2D eigenvalue weighted by molar-refractivity contribution is 7.54. The summed E-state index contributed by atoms with van der Waals surface area (Å²) in [6.45, 7) is 2.21. The lowest BCUT2D eigenvalue weighted by Crippen LogP contribution is -2.62. The first-order valence-electron chi connectivity index (χ1n) is 10.1. The van der Waals surface area contributed by atoms with E-state index in [1.807, 2.05) is 0 Å². The van der Waals surface area contributed by atoms with Crippen molar-refractivity contribution in [1.29, 1.82) is 0 Å². The maximum absolute atomic E-state index is 12.7. The molecular formula is C18H35O7P. The largest absolute Gasteiger partial charge is 0.387 e. The minimum Gasteiger partial charge on any atom is -0.387 e. The molecular weight excluding hydrogens is 359 g/mol. The van der Waals surface area contributed by atoms with Crippen LogP contribution in [-0.4, -0.2) is 63.2 Å². The maximum Gasteiger partial charge on any atom is 0.331 e. The van der Waals surface area contributed by atoms with Gasteiger partial charge in [0.2, 0.25) is 0 Å². The van der Waals surface area contributed by atoms with Crippen molar-refractivity contribution in [2.45, 2.75) is 108 Å². The van der Waals surface area contributed by atoms with Gasteiger partial charge in [0, 0.05) is 0 Å². The lowest BCUT2D eigenvalue weighted by atomic mass is 9.85. The average molecular weight is 394 g/mol. The zero-order valence-electron chi connectivity index (χ0n) is 15.7. The minimum absolute atomic E-state index is 0.224. The Morgan fingerprint density at radius 3 is 1.46 bits per heavy atom. The van der Waals surface area contributed by atoms with E-state index in [-0.39, 0.29) is 6.16 Å². The van der Waals surface area contributed by atoms with Crippen LogP contribution >= 0.6 is 7.60 Å². The van der Waals surface area contributed by atoms with E-state index in [4.69, 9.17) is 9.05 Å². The fraction of sp³-hybridized carbons (Fsp3) is 1.00. The van der Waals surface area contributed by atoms with Crippen LogP contribution in [0.5, 0.6) is 0 Å². The number of aliphatic hydroxyl groups excluding tert-OH is 4. The highest BCUT2D eigenvalue weighted by atomic mass is 31.2. The molecule has 0 amide bonds. The summed E-state index contributed by atoms with van der Waals surface area (Å²) in [5.74, 6) is 0. The predicted molar refractivity (Wildman–Crippen MR) is 98.1 cm³/mol. The third kappa shape index (κ3) is 5.74. The van der Waals surface area contributed by atoms with Crippen molar-refractivity contribution in [3.8, 4) is 0 Å². The van der Waals surface area contributed by atoms with Crippen LogP contribution in [0.25, 0.3) is 0 Å². The van der Waals surface area contributed by atoms with Crippen LogP contribution in [0.15, 0.2) is 0 Å². The molecule has 1 saturated carbocycles. The van der Waals surface area contributed by atoms with Crippen molar-refractivity contribution >= 4 is 7.60 Å². The summed E-state index contributed by atoms with van der Waals surface area (Å²) >= 11 is 0.